The molecule has 1 fully saturated rings. The van der Waals surface area contributed by atoms with Gasteiger partial charge in [0.1, 0.15) is 5.56 Å². The van der Waals surface area contributed by atoms with Crippen LogP contribution in [-0.4, -0.2) is 33.9 Å². The number of piperidine rings is 1. The zero-order valence-corrected chi connectivity index (χ0v) is 13.0. The van der Waals surface area contributed by atoms with E-state index in [4.69, 9.17) is 0 Å². The van der Waals surface area contributed by atoms with Crippen molar-refractivity contribution in [3.05, 3.63) is 52.3 Å². The molecule has 1 aliphatic rings. The van der Waals surface area contributed by atoms with Gasteiger partial charge in [-0.05, 0) is 25.3 Å². The van der Waals surface area contributed by atoms with E-state index in [9.17, 15) is 14.9 Å². The molecule has 1 saturated heterocycles. The number of hydrogen-bond donors (Lipinski definition) is 1. The monoisotopic (exact) mass is 327 g/mol. The Morgan fingerprint density at radius 3 is 2.46 bits per heavy atom. The van der Waals surface area contributed by atoms with Crippen molar-refractivity contribution in [2.45, 2.75) is 19.3 Å². The summed E-state index contributed by atoms with van der Waals surface area (Å²) in [4.78, 5) is 33.3. The van der Waals surface area contributed by atoms with Crippen LogP contribution >= 0.6 is 0 Å². The molecule has 1 aliphatic heterocycles. The number of anilines is 2. The second-order valence-corrected chi connectivity index (χ2v) is 5.55. The Kier molecular flexibility index (Phi) is 4.64. The molecule has 1 amide bonds. The molecule has 1 aromatic heterocycles. The number of nitrogens with one attached hydrogen (secondary N) is 1. The van der Waals surface area contributed by atoms with Gasteiger partial charge in [-0.25, -0.2) is 9.97 Å². The van der Waals surface area contributed by atoms with Gasteiger partial charge in [-0.1, -0.05) is 12.1 Å². The van der Waals surface area contributed by atoms with Gasteiger partial charge in [0.25, 0.3) is 11.6 Å². The van der Waals surface area contributed by atoms with Crippen molar-refractivity contribution in [1.82, 2.24) is 9.97 Å². The van der Waals surface area contributed by atoms with Gasteiger partial charge in [-0.2, -0.15) is 0 Å². The number of aromatic nitrogens is 2. The highest BCUT2D eigenvalue weighted by Crippen LogP contribution is 2.20. The summed E-state index contributed by atoms with van der Waals surface area (Å²) in [5.74, 6) is 0.0787. The summed E-state index contributed by atoms with van der Waals surface area (Å²) in [6.07, 6.45) is 6.51. The molecule has 24 heavy (non-hydrogen) atoms. The summed E-state index contributed by atoms with van der Waals surface area (Å²) in [5.41, 5.74) is 0.169. The summed E-state index contributed by atoms with van der Waals surface area (Å²) in [6, 6.07) is 5.81. The Morgan fingerprint density at radius 2 is 1.79 bits per heavy atom. The van der Waals surface area contributed by atoms with Gasteiger partial charge in [0.05, 0.1) is 23.0 Å². The summed E-state index contributed by atoms with van der Waals surface area (Å²) in [5, 5.41) is 13.6. The van der Waals surface area contributed by atoms with E-state index in [1.807, 2.05) is 0 Å². The molecule has 0 radical (unpaired) electrons. The molecular formula is C16H17N5O3. The van der Waals surface area contributed by atoms with Crippen molar-refractivity contribution >= 4 is 23.2 Å². The van der Waals surface area contributed by atoms with E-state index in [1.165, 1.54) is 37.0 Å². The maximum Gasteiger partial charge on any atom is 0.282 e. The van der Waals surface area contributed by atoms with Crippen molar-refractivity contribution in [1.29, 1.82) is 0 Å². The van der Waals surface area contributed by atoms with Gasteiger partial charge >= 0.3 is 0 Å². The van der Waals surface area contributed by atoms with Crippen LogP contribution < -0.4 is 10.2 Å². The predicted octanol–water partition coefficient (Wildman–Crippen LogP) is 2.63. The molecule has 0 spiro atoms. The van der Waals surface area contributed by atoms with E-state index < -0.39 is 10.8 Å². The lowest BCUT2D eigenvalue weighted by Crippen LogP contribution is -2.30. The average molecular weight is 327 g/mol. The minimum atomic E-state index is -0.579. The fraction of sp³-hybridized carbons (Fsp3) is 0.312. The molecule has 0 bridgehead atoms. The number of para-hydroxylation sites is 1. The SMILES string of the molecule is O=C(Nc1cnc(N2CCCCC2)nc1)c1ccccc1[N+](=O)[O-]. The molecule has 2 heterocycles. The van der Waals surface area contributed by atoms with E-state index in [0.717, 1.165) is 25.9 Å². The van der Waals surface area contributed by atoms with Crippen LogP contribution in [0.4, 0.5) is 17.3 Å². The third kappa shape index (κ3) is 3.48. The first-order valence-corrected chi connectivity index (χ1v) is 7.77. The predicted molar refractivity (Wildman–Crippen MR) is 89.1 cm³/mol. The molecule has 0 aliphatic carbocycles. The number of nitrogens with zero attached hydrogens (tertiary/aromatic N) is 4. The second-order valence-electron chi connectivity index (χ2n) is 5.55. The first-order chi connectivity index (χ1) is 11.6. The largest absolute Gasteiger partial charge is 0.341 e. The van der Waals surface area contributed by atoms with Crippen LogP contribution in [0.1, 0.15) is 29.6 Å². The number of hydrogen-bond acceptors (Lipinski definition) is 6. The van der Waals surface area contributed by atoms with E-state index >= 15 is 0 Å². The highest BCUT2D eigenvalue weighted by molar-refractivity contribution is 6.06. The normalized spacial score (nSPS) is 14.2. The van der Waals surface area contributed by atoms with E-state index in [-0.39, 0.29) is 11.3 Å². The lowest BCUT2D eigenvalue weighted by Gasteiger charge is -2.26. The lowest BCUT2D eigenvalue weighted by molar-refractivity contribution is -0.385. The van der Waals surface area contributed by atoms with Crippen LogP contribution in [0.2, 0.25) is 0 Å². The van der Waals surface area contributed by atoms with Crippen molar-refractivity contribution in [3.8, 4) is 0 Å². The minimum Gasteiger partial charge on any atom is -0.341 e. The van der Waals surface area contributed by atoms with E-state index in [2.05, 4.69) is 20.2 Å². The Bertz CT molecular complexity index is 742. The van der Waals surface area contributed by atoms with Crippen molar-refractivity contribution in [3.63, 3.8) is 0 Å². The van der Waals surface area contributed by atoms with Gasteiger partial charge in [0, 0.05) is 19.2 Å². The molecule has 3 rings (SSSR count). The fourth-order valence-corrected chi connectivity index (χ4v) is 2.67. The second kappa shape index (κ2) is 7.03. The number of carbonyl (C=O) groups is 1. The Labute approximate surface area is 138 Å². The molecule has 2 aromatic rings. The zero-order valence-electron chi connectivity index (χ0n) is 13.0. The zero-order chi connectivity index (χ0) is 16.9. The summed E-state index contributed by atoms with van der Waals surface area (Å²) in [7, 11) is 0. The van der Waals surface area contributed by atoms with Gasteiger partial charge in [-0.15, -0.1) is 0 Å². The van der Waals surface area contributed by atoms with Crippen molar-refractivity contribution in [2.75, 3.05) is 23.3 Å². The number of rotatable bonds is 4. The molecule has 124 valence electrons. The minimum absolute atomic E-state index is 0.00241. The maximum atomic E-state index is 12.2. The van der Waals surface area contributed by atoms with Gasteiger partial charge in [0.15, 0.2) is 0 Å². The summed E-state index contributed by atoms with van der Waals surface area (Å²) >= 11 is 0. The standard InChI is InChI=1S/C16H17N5O3/c22-15(13-6-2-3-7-14(13)21(23)24)19-12-10-17-16(18-11-12)20-8-4-1-5-9-20/h2-3,6-7,10-11H,1,4-5,8-9H2,(H,19,22). The van der Waals surface area contributed by atoms with Crippen LogP contribution in [0.25, 0.3) is 0 Å². The van der Waals surface area contributed by atoms with Crippen LogP contribution in [0.5, 0.6) is 0 Å². The third-order valence-electron chi connectivity index (χ3n) is 3.88. The number of benzene rings is 1. The van der Waals surface area contributed by atoms with E-state index in [1.54, 1.807) is 6.07 Å². The molecular weight excluding hydrogens is 310 g/mol. The quantitative estimate of drug-likeness (QED) is 0.684. The average Bonchev–Trinajstić information content (AvgIpc) is 2.63. The third-order valence-corrected chi connectivity index (χ3v) is 3.88. The number of amides is 1. The Morgan fingerprint density at radius 1 is 1.12 bits per heavy atom. The van der Waals surface area contributed by atoms with Crippen molar-refractivity contribution < 1.29 is 9.72 Å². The summed E-state index contributed by atoms with van der Waals surface area (Å²) < 4.78 is 0. The molecule has 0 saturated carbocycles. The molecule has 1 aromatic carbocycles. The van der Waals surface area contributed by atoms with Gasteiger partial charge < -0.3 is 10.2 Å². The smallest absolute Gasteiger partial charge is 0.282 e. The Balaban J connectivity index is 1.72. The Hall–Kier alpha value is -3.03. The topological polar surface area (TPSA) is 101 Å². The van der Waals surface area contributed by atoms with Crippen LogP contribution in [-0.2, 0) is 0 Å². The first kappa shape index (κ1) is 15.9. The maximum absolute atomic E-state index is 12.2. The van der Waals surface area contributed by atoms with Crippen LogP contribution in [0, 0.1) is 10.1 Å². The number of nitro groups is 1. The molecule has 8 heteroatoms. The molecule has 0 atom stereocenters. The van der Waals surface area contributed by atoms with Crippen molar-refractivity contribution in [2.24, 2.45) is 0 Å². The van der Waals surface area contributed by atoms with E-state index in [0.29, 0.717) is 11.6 Å². The first-order valence-electron chi connectivity index (χ1n) is 7.77. The molecule has 1 N–H and O–H groups in total. The molecule has 0 unspecified atom stereocenters. The van der Waals surface area contributed by atoms with Gasteiger partial charge in [-0.3, -0.25) is 14.9 Å². The number of nitro benzene ring substituents is 1. The summed E-state index contributed by atoms with van der Waals surface area (Å²) in [6.45, 7) is 1.86. The lowest BCUT2D eigenvalue weighted by atomic mass is 10.1. The van der Waals surface area contributed by atoms with Gasteiger partial charge in [0.2, 0.25) is 5.95 Å². The molecule has 8 nitrogen and oxygen atoms in total. The highest BCUT2D eigenvalue weighted by Gasteiger charge is 2.19. The fourth-order valence-electron chi connectivity index (χ4n) is 2.67. The van der Waals surface area contributed by atoms with Crippen LogP contribution in [0.15, 0.2) is 36.7 Å². The number of carbonyl (C=O) groups excluding carboxylic acids is 1. The van der Waals surface area contributed by atoms with Crippen LogP contribution in [0.3, 0.4) is 0 Å². The highest BCUT2D eigenvalue weighted by atomic mass is 16.6.